The number of nitrogens with two attached hydrogens (primary N) is 1. The number of nitrogens with one attached hydrogen (secondary N) is 1. The van der Waals surface area contributed by atoms with Gasteiger partial charge in [-0.3, -0.25) is 9.59 Å². The van der Waals surface area contributed by atoms with Crippen LogP contribution in [0.5, 0.6) is 11.5 Å². The number of rotatable bonds is 7. The highest BCUT2D eigenvalue weighted by atomic mass is 16.5. The van der Waals surface area contributed by atoms with Gasteiger partial charge in [-0.15, -0.1) is 0 Å². The highest BCUT2D eigenvalue weighted by Gasteiger charge is 2.16. The Morgan fingerprint density at radius 2 is 1.76 bits per heavy atom. The number of ether oxygens (including phenoxy) is 2. The summed E-state index contributed by atoms with van der Waals surface area (Å²) in [6.45, 7) is 4.08. The minimum atomic E-state index is -0.643. The van der Waals surface area contributed by atoms with Gasteiger partial charge in [0, 0.05) is 12.5 Å². The maximum absolute atomic E-state index is 11.9. The van der Waals surface area contributed by atoms with Gasteiger partial charge in [-0.05, 0) is 18.4 Å². The molecular weight excluding hydrogens is 272 g/mol. The van der Waals surface area contributed by atoms with Crippen LogP contribution >= 0.6 is 0 Å². The Morgan fingerprint density at radius 3 is 2.24 bits per heavy atom. The predicted octanol–water partition coefficient (Wildman–Crippen LogP) is 2.18. The van der Waals surface area contributed by atoms with Gasteiger partial charge in [0.25, 0.3) is 5.91 Å². The van der Waals surface area contributed by atoms with Gasteiger partial charge < -0.3 is 20.5 Å². The molecule has 0 aliphatic heterocycles. The molecule has 0 atom stereocenters. The number of carbonyl (C=O) groups excluding carboxylic acids is 2. The van der Waals surface area contributed by atoms with Gasteiger partial charge in [-0.2, -0.15) is 0 Å². The molecule has 0 aliphatic carbocycles. The first kappa shape index (κ1) is 16.8. The first-order valence-corrected chi connectivity index (χ1v) is 6.74. The first-order chi connectivity index (χ1) is 9.88. The molecule has 116 valence electrons. The van der Waals surface area contributed by atoms with Crippen LogP contribution in [0.25, 0.3) is 0 Å². The van der Waals surface area contributed by atoms with E-state index in [1.54, 1.807) is 0 Å². The molecule has 1 aromatic rings. The average Bonchev–Trinajstić information content (AvgIpc) is 2.44. The van der Waals surface area contributed by atoms with Crippen LogP contribution in [0.15, 0.2) is 12.1 Å². The van der Waals surface area contributed by atoms with E-state index in [2.05, 4.69) is 5.32 Å². The minimum absolute atomic E-state index is 0.168. The molecule has 0 saturated heterocycles. The Kier molecular flexibility index (Phi) is 6.02. The molecule has 1 rings (SSSR count). The summed E-state index contributed by atoms with van der Waals surface area (Å²) in [5, 5.41) is 2.70. The molecule has 0 saturated carbocycles. The molecule has 0 aliphatic rings. The van der Waals surface area contributed by atoms with E-state index in [-0.39, 0.29) is 11.5 Å². The van der Waals surface area contributed by atoms with Gasteiger partial charge in [0.2, 0.25) is 5.91 Å². The number of amides is 2. The third-order valence-electron chi connectivity index (χ3n) is 3.01. The second-order valence-electron chi connectivity index (χ2n) is 5.10. The van der Waals surface area contributed by atoms with Gasteiger partial charge in [-0.1, -0.05) is 13.8 Å². The number of hydrogen-bond donors (Lipinski definition) is 2. The number of hydrogen-bond acceptors (Lipinski definition) is 4. The van der Waals surface area contributed by atoms with Gasteiger partial charge in [0.05, 0.1) is 25.5 Å². The molecule has 1 aromatic carbocycles. The van der Waals surface area contributed by atoms with E-state index in [0.717, 1.165) is 6.42 Å². The smallest absolute Gasteiger partial charge is 0.250 e. The molecule has 0 unspecified atom stereocenters. The summed E-state index contributed by atoms with van der Waals surface area (Å²) < 4.78 is 10.3. The molecule has 6 nitrogen and oxygen atoms in total. The molecule has 0 radical (unpaired) electrons. The van der Waals surface area contributed by atoms with Crippen molar-refractivity contribution >= 4 is 17.5 Å². The zero-order valence-corrected chi connectivity index (χ0v) is 12.9. The number of anilines is 1. The average molecular weight is 294 g/mol. The van der Waals surface area contributed by atoms with Crippen LogP contribution in [0.1, 0.15) is 37.0 Å². The van der Waals surface area contributed by atoms with Crippen molar-refractivity contribution in [3.63, 3.8) is 0 Å². The van der Waals surface area contributed by atoms with Crippen molar-refractivity contribution in [2.75, 3.05) is 19.5 Å². The number of benzene rings is 1. The summed E-state index contributed by atoms with van der Waals surface area (Å²) in [4.78, 5) is 23.4. The Labute approximate surface area is 124 Å². The summed E-state index contributed by atoms with van der Waals surface area (Å²) in [7, 11) is 2.94. The fraction of sp³-hybridized carbons (Fsp3) is 0.467. The van der Waals surface area contributed by atoms with Crippen molar-refractivity contribution < 1.29 is 19.1 Å². The van der Waals surface area contributed by atoms with Gasteiger partial charge in [0.1, 0.15) is 0 Å². The normalized spacial score (nSPS) is 10.3. The highest BCUT2D eigenvalue weighted by molar-refractivity contribution is 6.03. The van der Waals surface area contributed by atoms with Crippen LogP contribution < -0.4 is 20.5 Å². The topological polar surface area (TPSA) is 90.6 Å². The fourth-order valence-corrected chi connectivity index (χ4v) is 1.82. The van der Waals surface area contributed by atoms with E-state index in [4.69, 9.17) is 15.2 Å². The molecule has 0 spiro atoms. The molecule has 3 N–H and O–H groups in total. The molecule has 0 aromatic heterocycles. The lowest BCUT2D eigenvalue weighted by molar-refractivity contribution is -0.116. The predicted molar refractivity (Wildman–Crippen MR) is 80.8 cm³/mol. The zero-order valence-electron chi connectivity index (χ0n) is 12.9. The minimum Gasteiger partial charge on any atom is -0.493 e. The van der Waals surface area contributed by atoms with Gasteiger partial charge >= 0.3 is 0 Å². The van der Waals surface area contributed by atoms with Crippen LogP contribution in [-0.2, 0) is 4.79 Å². The van der Waals surface area contributed by atoms with Crippen LogP contribution in [-0.4, -0.2) is 26.0 Å². The Morgan fingerprint density at radius 1 is 1.19 bits per heavy atom. The van der Waals surface area contributed by atoms with Crippen molar-refractivity contribution in [2.24, 2.45) is 11.7 Å². The molecule has 6 heteroatoms. The van der Waals surface area contributed by atoms with Crippen molar-refractivity contribution in [3.8, 4) is 11.5 Å². The summed E-state index contributed by atoms with van der Waals surface area (Å²) >= 11 is 0. The lowest BCUT2D eigenvalue weighted by Gasteiger charge is -2.14. The maximum Gasteiger partial charge on any atom is 0.250 e. The highest BCUT2D eigenvalue weighted by Crippen LogP contribution is 2.33. The quantitative estimate of drug-likeness (QED) is 0.806. The summed E-state index contributed by atoms with van der Waals surface area (Å²) in [5.41, 5.74) is 5.85. The maximum atomic E-state index is 11.9. The summed E-state index contributed by atoms with van der Waals surface area (Å²) in [6.07, 6.45) is 1.15. The van der Waals surface area contributed by atoms with E-state index in [9.17, 15) is 9.59 Å². The fourth-order valence-electron chi connectivity index (χ4n) is 1.82. The molecule has 0 bridgehead atoms. The number of carbonyl (C=O) groups is 2. The molecule has 0 heterocycles. The SMILES string of the molecule is COc1cc(NC(=O)CCC(C)C)c(C(N)=O)cc1OC. The summed E-state index contributed by atoms with van der Waals surface area (Å²) in [5.74, 6) is 0.415. The third kappa shape index (κ3) is 4.66. The van der Waals surface area contributed by atoms with E-state index < -0.39 is 5.91 Å². The largest absolute Gasteiger partial charge is 0.493 e. The molecule has 0 fully saturated rings. The lowest BCUT2D eigenvalue weighted by atomic mass is 10.1. The van der Waals surface area contributed by atoms with Crippen LogP contribution in [0.2, 0.25) is 0 Å². The standard InChI is InChI=1S/C15H22N2O4/c1-9(2)5-6-14(18)17-11-8-13(21-4)12(20-3)7-10(11)15(16)19/h7-9H,5-6H2,1-4H3,(H2,16,19)(H,17,18). The monoisotopic (exact) mass is 294 g/mol. The number of primary amides is 1. The third-order valence-corrected chi connectivity index (χ3v) is 3.01. The first-order valence-electron chi connectivity index (χ1n) is 6.74. The van der Waals surface area contributed by atoms with E-state index in [1.807, 2.05) is 13.8 Å². The Bertz CT molecular complexity index is 527. The van der Waals surface area contributed by atoms with Crippen molar-refractivity contribution in [1.29, 1.82) is 0 Å². The second-order valence-corrected chi connectivity index (χ2v) is 5.10. The van der Waals surface area contributed by atoms with Crippen molar-refractivity contribution in [2.45, 2.75) is 26.7 Å². The van der Waals surface area contributed by atoms with E-state index in [0.29, 0.717) is 29.5 Å². The van der Waals surface area contributed by atoms with Crippen molar-refractivity contribution in [1.82, 2.24) is 0 Å². The molecular formula is C15H22N2O4. The van der Waals surface area contributed by atoms with E-state index >= 15 is 0 Å². The Balaban J connectivity index is 3.04. The van der Waals surface area contributed by atoms with Gasteiger partial charge in [0.15, 0.2) is 11.5 Å². The van der Waals surface area contributed by atoms with Crippen molar-refractivity contribution in [3.05, 3.63) is 17.7 Å². The van der Waals surface area contributed by atoms with Crippen LogP contribution in [0.4, 0.5) is 5.69 Å². The summed E-state index contributed by atoms with van der Waals surface area (Å²) in [6, 6.07) is 2.99. The van der Waals surface area contributed by atoms with Gasteiger partial charge in [-0.25, -0.2) is 0 Å². The lowest BCUT2D eigenvalue weighted by Crippen LogP contribution is -2.18. The molecule has 2 amide bonds. The number of methoxy groups -OCH3 is 2. The Hall–Kier alpha value is -2.24. The second kappa shape index (κ2) is 7.52. The molecule has 21 heavy (non-hydrogen) atoms. The van der Waals surface area contributed by atoms with Crippen LogP contribution in [0, 0.1) is 5.92 Å². The van der Waals surface area contributed by atoms with E-state index in [1.165, 1.54) is 26.4 Å². The zero-order chi connectivity index (χ0) is 16.0. The van der Waals surface area contributed by atoms with Crippen LogP contribution in [0.3, 0.4) is 0 Å².